The minimum absolute atomic E-state index is 0. The predicted octanol–water partition coefficient (Wildman–Crippen LogP) is -8.49. The van der Waals surface area contributed by atoms with E-state index >= 15 is 0 Å². The second-order valence-corrected chi connectivity index (χ2v) is 0. The molecule has 0 aliphatic heterocycles. The fourth-order valence-electron chi connectivity index (χ4n) is 0. The summed E-state index contributed by atoms with van der Waals surface area (Å²) in [6, 6.07) is 0. The average Bonchev–Trinajstić information content (AvgIpc) is 0. The molecule has 0 spiro atoms. The van der Waals surface area contributed by atoms with Crippen LogP contribution in [0.4, 0.5) is 0 Å². The van der Waals surface area contributed by atoms with Gasteiger partial charge in [0.1, 0.15) is 0 Å². The van der Waals surface area contributed by atoms with Crippen molar-refractivity contribution < 1.29 is 94.1 Å². The van der Waals surface area contributed by atoms with E-state index < -0.39 is 0 Å². The molecule has 1 nitrogen and oxygen atoms in total. The van der Waals surface area contributed by atoms with E-state index in [-0.39, 0.29) is 118 Å². The van der Waals surface area contributed by atoms with E-state index in [1.54, 1.807) is 0 Å². The zero-order chi connectivity index (χ0) is 0. The molecule has 0 rings (SSSR count). The molecule has 5 heteroatoms. The van der Waals surface area contributed by atoms with E-state index in [9.17, 15) is 0 Å². The summed E-state index contributed by atoms with van der Waals surface area (Å²) < 4.78 is 0. The Balaban J connectivity index is 0. The third kappa shape index (κ3) is 18.3. The van der Waals surface area contributed by atoms with Gasteiger partial charge in [0, 0.05) is 0 Å². The van der Waals surface area contributed by atoms with Crippen LogP contribution in [0.15, 0.2) is 0 Å². The molecule has 0 aliphatic carbocycles. The first-order valence-corrected chi connectivity index (χ1v) is 0. The molecule has 0 aromatic heterocycles. The molecule has 0 saturated heterocycles. The number of hydrogen-bond acceptors (Lipinski definition) is 0. The van der Waals surface area contributed by atoms with Gasteiger partial charge in [0.15, 0.2) is 0 Å². The van der Waals surface area contributed by atoms with Crippen LogP contribution < -0.4 is 88.7 Å². The first-order valence-electron chi connectivity index (χ1n) is 0. The van der Waals surface area contributed by atoms with Gasteiger partial charge in [-0.1, -0.05) is 0 Å². The zero-order valence-corrected chi connectivity index (χ0v) is 12.1. The van der Waals surface area contributed by atoms with Gasteiger partial charge in [0.2, 0.25) is 0 Å². The summed E-state index contributed by atoms with van der Waals surface area (Å²) in [6.45, 7) is 0. The van der Waals surface area contributed by atoms with Crippen LogP contribution in [0.5, 0.6) is 0 Å². The van der Waals surface area contributed by atoms with Gasteiger partial charge in [0.05, 0.1) is 0 Å². The Morgan fingerprint density at radius 1 is 0.600 bits per heavy atom. The second-order valence-electron chi connectivity index (χ2n) is 0. The molecule has 0 aliphatic rings. The van der Waals surface area contributed by atoms with Gasteiger partial charge in [-0.15, -0.1) is 24.0 Å². The molecule has 0 bridgehead atoms. The van der Waals surface area contributed by atoms with Crippen LogP contribution in [0, 0.1) is 0 Å². The molecule has 0 heterocycles. The molecule has 0 radical (unpaired) electrons. The molecule has 0 saturated carbocycles. The fourth-order valence-corrected chi connectivity index (χ4v) is 0. The summed E-state index contributed by atoms with van der Waals surface area (Å²) in [5.74, 6) is 0. The normalized spacial score (nSPS) is 0. The average molecular weight is 213 g/mol. The SMILES string of the molecule is I.[Na+].[Na+].[Na+].[O-2]. The molecule has 0 N–H and O–H groups in total. The standard InChI is InChI=1S/HI.3Na.O/h1H;;;;/q;3*+1;-2. The summed E-state index contributed by atoms with van der Waals surface area (Å²) in [5.41, 5.74) is 0. The van der Waals surface area contributed by atoms with Crippen LogP contribution in [0.1, 0.15) is 0 Å². The topological polar surface area (TPSA) is 28.5 Å². The Morgan fingerprint density at radius 2 is 0.600 bits per heavy atom. The van der Waals surface area contributed by atoms with Gasteiger partial charge in [-0.25, -0.2) is 0 Å². The van der Waals surface area contributed by atoms with Gasteiger partial charge in [0.25, 0.3) is 0 Å². The van der Waals surface area contributed by atoms with E-state index in [1.165, 1.54) is 0 Å². The van der Waals surface area contributed by atoms with Crippen molar-refractivity contribution in [3.8, 4) is 0 Å². The van der Waals surface area contributed by atoms with Crippen LogP contribution in [-0.4, -0.2) is 0 Å². The van der Waals surface area contributed by atoms with Crippen molar-refractivity contribution in [1.29, 1.82) is 0 Å². The number of rotatable bonds is 0. The van der Waals surface area contributed by atoms with Crippen LogP contribution >= 0.6 is 24.0 Å². The van der Waals surface area contributed by atoms with Gasteiger partial charge in [-0.05, 0) is 0 Å². The Morgan fingerprint density at radius 3 is 0.600 bits per heavy atom. The molecule has 0 aromatic carbocycles. The molecule has 0 amide bonds. The quantitative estimate of drug-likeness (QED) is 0.282. The molecule has 0 atom stereocenters. The molecule has 5 heavy (non-hydrogen) atoms. The Labute approximate surface area is 115 Å². The van der Waals surface area contributed by atoms with Crippen molar-refractivity contribution in [2.75, 3.05) is 0 Å². The van der Waals surface area contributed by atoms with Gasteiger partial charge in [-0.2, -0.15) is 0 Å². The predicted molar refractivity (Wildman–Crippen MR) is 16.1 cm³/mol. The van der Waals surface area contributed by atoms with E-state index in [0.717, 1.165) is 0 Å². The minimum Gasteiger partial charge on any atom is -2.00 e. The smallest absolute Gasteiger partial charge is 1.00 e. The van der Waals surface area contributed by atoms with Gasteiger partial charge < -0.3 is 5.48 Å². The Hall–Kier alpha value is 3.69. The maximum Gasteiger partial charge on any atom is 1.00 e. The third-order valence-corrected chi connectivity index (χ3v) is 0. The van der Waals surface area contributed by atoms with Gasteiger partial charge in [-0.3, -0.25) is 0 Å². The fraction of sp³-hybridized carbons (Fsp3) is 0. The van der Waals surface area contributed by atoms with Crippen molar-refractivity contribution in [1.82, 2.24) is 0 Å². The van der Waals surface area contributed by atoms with Gasteiger partial charge >= 0.3 is 88.7 Å². The molecule has 0 fully saturated rings. The summed E-state index contributed by atoms with van der Waals surface area (Å²) in [4.78, 5) is 0. The molecule has 0 unspecified atom stereocenters. The maximum absolute atomic E-state index is 0. The van der Waals surface area contributed by atoms with E-state index in [1.807, 2.05) is 0 Å². The molecule has 16 valence electrons. The zero-order valence-electron chi connectivity index (χ0n) is 3.82. The summed E-state index contributed by atoms with van der Waals surface area (Å²) in [7, 11) is 0. The van der Waals surface area contributed by atoms with Crippen LogP contribution in [0.2, 0.25) is 0 Å². The molecular formula is HINa3O+. The first kappa shape index (κ1) is 37.7. The number of halogens is 1. The Kier molecular flexibility index (Phi) is 191. The third-order valence-electron chi connectivity index (χ3n) is 0. The van der Waals surface area contributed by atoms with Crippen molar-refractivity contribution in [2.24, 2.45) is 0 Å². The maximum atomic E-state index is 0. The first-order chi connectivity index (χ1) is 0. The summed E-state index contributed by atoms with van der Waals surface area (Å²) in [5, 5.41) is 0. The van der Waals surface area contributed by atoms with E-state index in [2.05, 4.69) is 0 Å². The van der Waals surface area contributed by atoms with Crippen LogP contribution in [0.25, 0.3) is 0 Å². The summed E-state index contributed by atoms with van der Waals surface area (Å²) >= 11 is 0. The number of hydrogen-bond donors (Lipinski definition) is 0. The molecular weight excluding hydrogens is 212 g/mol. The van der Waals surface area contributed by atoms with Crippen LogP contribution in [-0.2, 0) is 5.48 Å². The molecule has 0 aromatic rings. The Bertz CT molecular complexity index is 6.85. The monoisotopic (exact) mass is 213 g/mol. The van der Waals surface area contributed by atoms with Crippen LogP contribution in [0.3, 0.4) is 0 Å². The van der Waals surface area contributed by atoms with Crippen molar-refractivity contribution in [3.63, 3.8) is 0 Å². The van der Waals surface area contributed by atoms with E-state index in [0.29, 0.717) is 0 Å². The largest absolute Gasteiger partial charge is 2.00 e. The minimum atomic E-state index is 0. The van der Waals surface area contributed by atoms with Crippen molar-refractivity contribution >= 4 is 24.0 Å². The second kappa shape index (κ2) is 25.3. The van der Waals surface area contributed by atoms with Crippen molar-refractivity contribution in [3.05, 3.63) is 0 Å². The summed E-state index contributed by atoms with van der Waals surface area (Å²) in [6.07, 6.45) is 0. The van der Waals surface area contributed by atoms with E-state index in [4.69, 9.17) is 0 Å². The van der Waals surface area contributed by atoms with Crippen molar-refractivity contribution in [2.45, 2.75) is 0 Å².